The molecule has 0 unspecified atom stereocenters. The maximum Gasteiger partial charge on any atom is 0.356 e. The minimum absolute atomic E-state index is 0.172. The first-order valence-electron chi connectivity index (χ1n) is 5.92. The third-order valence-corrected chi connectivity index (χ3v) is 3.97. The molecule has 1 fully saturated rings. The van der Waals surface area contributed by atoms with E-state index in [9.17, 15) is 9.59 Å². The summed E-state index contributed by atoms with van der Waals surface area (Å²) in [5, 5.41) is 11.4. The van der Waals surface area contributed by atoms with Gasteiger partial charge in [0.1, 0.15) is 4.88 Å². The molecular weight excluding hydrogens is 268 g/mol. The van der Waals surface area contributed by atoms with Gasteiger partial charge in [-0.05, 0) is 7.05 Å². The second-order valence-corrected chi connectivity index (χ2v) is 5.46. The van der Waals surface area contributed by atoms with E-state index < -0.39 is 5.97 Å². The standard InChI is InChI=1S/C11H16N4O3S/c1-7(16)9-8(10(17)18)12-11(19-9)13-15-5-3-14(2)4-6-15/h3-6H2,1-2H3,(H,12,13)(H,17,18). The first-order valence-corrected chi connectivity index (χ1v) is 6.74. The molecule has 0 aromatic carbocycles. The van der Waals surface area contributed by atoms with Crippen molar-refractivity contribution in [1.82, 2.24) is 14.9 Å². The molecule has 2 N–H and O–H groups in total. The smallest absolute Gasteiger partial charge is 0.356 e. The third-order valence-electron chi connectivity index (χ3n) is 2.91. The summed E-state index contributed by atoms with van der Waals surface area (Å²) in [6.07, 6.45) is 0. The number of carboxylic acids is 1. The molecule has 0 aliphatic carbocycles. The van der Waals surface area contributed by atoms with E-state index >= 15 is 0 Å². The second-order valence-electron chi connectivity index (χ2n) is 4.46. The summed E-state index contributed by atoms with van der Waals surface area (Å²) < 4.78 is 0. The Kier molecular flexibility index (Phi) is 4.13. The zero-order valence-electron chi connectivity index (χ0n) is 10.8. The number of piperazine rings is 1. The van der Waals surface area contributed by atoms with Crippen LogP contribution in [0.4, 0.5) is 5.13 Å². The van der Waals surface area contributed by atoms with E-state index in [4.69, 9.17) is 5.11 Å². The number of anilines is 1. The number of ketones is 1. The molecule has 1 aliphatic heterocycles. The molecule has 2 heterocycles. The highest BCUT2D eigenvalue weighted by Gasteiger charge is 2.22. The Morgan fingerprint density at radius 2 is 1.95 bits per heavy atom. The summed E-state index contributed by atoms with van der Waals surface area (Å²) in [4.78, 5) is 28.8. The number of likely N-dealkylation sites (N-methyl/N-ethyl adjacent to an activating group) is 1. The lowest BCUT2D eigenvalue weighted by atomic mass is 10.3. The quantitative estimate of drug-likeness (QED) is 0.784. The zero-order valence-corrected chi connectivity index (χ0v) is 11.7. The van der Waals surface area contributed by atoms with Crippen molar-refractivity contribution in [1.29, 1.82) is 0 Å². The van der Waals surface area contributed by atoms with Crippen LogP contribution in [-0.2, 0) is 0 Å². The van der Waals surface area contributed by atoms with Crippen LogP contribution in [-0.4, -0.2) is 65.0 Å². The lowest BCUT2D eigenvalue weighted by Gasteiger charge is -2.32. The summed E-state index contributed by atoms with van der Waals surface area (Å²) in [6, 6.07) is 0. The molecule has 1 aliphatic rings. The zero-order chi connectivity index (χ0) is 14.0. The van der Waals surface area contributed by atoms with Crippen LogP contribution in [0.2, 0.25) is 0 Å². The molecule has 0 amide bonds. The van der Waals surface area contributed by atoms with Gasteiger partial charge in [0, 0.05) is 33.1 Å². The van der Waals surface area contributed by atoms with Gasteiger partial charge in [0.15, 0.2) is 16.6 Å². The lowest BCUT2D eigenvalue weighted by Crippen LogP contribution is -2.46. The number of rotatable bonds is 4. The van der Waals surface area contributed by atoms with Crippen molar-refractivity contribution in [2.24, 2.45) is 0 Å². The summed E-state index contributed by atoms with van der Waals surface area (Å²) in [7, 11) is 2.05. The molecule has 7 nitrogen and oxygen atoms in total. The van der Waals surface area contributed by atoms with Gasteiger partial charge in [-0.2, -0.15) is 0 Å². The summed E-state index contributed by atoms with van der Waals surface area (Å²) in [6.45, 7) is 4.87. The van der Waals surface area contributed by atoms with Crippen molar-refractivity contribution < 1.29 is 14.7 Å². The number of hydrogen-bond donors (Lipinski definition) is 2. The Morgan fingerprint density at radius 3 is 2.42 bits per heavy atom. The molecule has 1 aromatic heterocycles. The molecule has 2 rings (SSSR count). The molecule has 0 bridgehead atoms. The van der Waals surface area contributed by atoms with Gasteiger partial charge in [-0.25, -0.2) is 14.8 Å². The highest BCUT2D eigenvalue weighted by Crippen LogP contribution is 2.24. The molecule has 0 atom stereocenters. The van der Waals surface area contributed by atoms with Crippen LogP contribution in [0.15, 0.2) is 0 Å². The number of carboxylic acid groups (broad SMARTS) is 1. The van der Waals surface area contributed by atoms with E-state index in [0.717, 1.165) is 37.5 Å². The normalized spacial score (nSPS) is 17.4. The minimum atomic E-state index is -1.17. The van der Waals surface area contributed by atoms with Gasteiger partial charge < -0.3 is 10.0 Å². The first-order chi connectivity index (χ1) is 8.97. The van der Waals surface area contributed by atoms with Gasteiger partial charge in [0.25, 0.3) is 0 Å². The predicted octanol–water partition coefficient (Wildman–Crippen LogP) is 0.618. The largest absolute Gasteiger partial charge is 0.476 e. The topological polar surface area (TPSA) is 85.8 Å². The molecule has 8 heteroatoms. The van der Waals surface area contributed by atoms with E-state index in [1.165, 1.54) is 6.92 Å². The number of Topliss-reactive ketones (excluding diaryl/α,β-unsaturated/α-hetero) is 1. The fourth-order valence-electron chi connectivity index (χ4n) is 1.81. The SMILES string of the molecule is CC(=O)c1sc(NN2CCN(C)CC2)nc1C(=O)O. The average molecular weight is 284 g/mol. The maximum atomic E-state index is 11.4. The lowest BCUT2D eigenvalue weighted by molar-refractivity contribution is 0.0687. The van der Waals surface area contributed by atoms with Gasteiger partial charge >= 0.3 is 5.97 Å². The van der Waals surface area contributed by atoms with Crippen molar-refractivity contribution in [3.8, 4) is 0 Å². The number of nitrogens with one attached hydrogen (secondary N) is 1. The van der Waals surface area contributed by atoms with E-state index in [1.807, 2.05) is 5.01 Å². The van der Waals surface area contributed by atoms with Crippen molar-refractivity contribution in [3.63, 3.8) is 0 Å². The van der Waals surface area contributed by atoms with Crippen LogP contribution in [0.1, 0.15) is 27.1 Å². The fourth-order valence-corrected chi connectivity index (χ4v) is 2.68. The van der Waals surface area contributed by atoms with Gasteiger partial charge in [-0.15, -0.1) is 0 Å². The van der Waals surface area contributed by atoms with Crippen molar-refractivity contribution in [3.05, 3.63) is 10.6 Å². The Bertz CT molecular complexity index is 463. The summed E-state index contributed by atoms with van der Waals surface area (Å²) >= 11 is 1.08. The number of nitrogens with zero attached hydrogens (tertiary/aromatic N) is 3. The fraction of sp³-hybridized carbons (Fsp3) is 0.545. The number of aromatic carboxylic acids is 1. The van der Waals surface area contributed by atoms with E-state index in [2.05, 4.69) is 22.4 Å². The van der Waals surface area contributed by atoms with Crippen LogP contribution in [0.3, 0.4) is 0 Å². The van der Waals surface area contributed by atoms with E-state index in [0.29, 0.717) is 5.13 Å². The van der Waals surface area contributed by atoms with Crippen molar-refractivity contribution in [2.75, 3.05) is 38.7 Å². The number of thiazole rings is 1. The number of aromatic nitrogens is 1. The summed E-state index contributed by atoms with van der Waals surface area (Å²) in [5.41, 5.74) is 2.90. The molecule has 19 heavy (non-hydrogen) atoms. The van der Waals surface area contributed by atoms with Gasteiger partial charge in [-0.1, -0.05) is 11.3 Å². The highest BCUT2D eigenvalue weighted by molar-refractivity contribution is 7.17. The molecule has 0 saturated carbocycles. The minimum Gasteiger partial charge on any atom is -0.476 e. The van der Waals surface area contributed by atoms with Crippen LogP contribution < -0.4 is 5.43 Å². The first kappa shape index (κ1) is 13.9. The van der Waals surface area contributed by atoms with Crippen LogP contribution >= 0.6 is 11.3 Å². The van der Waals surface area contributed by atoms with Crippen molar-refractivity contribution in [2.45, 2.75) is 6.92 Å². The third kappa shape index (κ3) is 3.28. The molecule has 0 spiro atoms. The van der Waals surface area contributed by atoms with E-state index in [-0.39, 0.29) is 16.4 Å². The van der Waals surface area contributed by atoms with Gasteiger partial charge in [-0.3, -0.25) is 10.2 Å². The Balaban J connectivity index is 2.11. The highest BCUT2D eigenvalue weighted by atomic mass is 32.1. The number of carbonyl (C=O) groups excluding carboxylic acids is 1. The second kappa shape index (κ2) is 5.64. The van der Waals surface area contributed by atoms with Crippen LogP contribution in [0.5, 0.6) is 0 Å². The molecule has 1 saturated heterocycles. The molecule has 0 radical (unpaired) electrons. The van der Waals surface area contributed by atoms with Gasteiger partial charge in [0.2, 0.25) is 0 Å². The molecule has 1 aromatic rings. The van der Waals surface area contributed by atoms with Crippen LogP contribution in [0, 0.1) is 0 Å². The average Bonchev–Trinajstić information content (AvgIpc) is 2.76. The monoisotopic (exact) mass is 284 g/mol. The Labute approximate surface area is 114 Å². The number of carbonyl (C=O) groups is 2. The van der Waals surface area contributed by atoms with E-state index in [1.54, 1.807) is 0 Å². The van der Waals surface area contributed by atoms with Crippen LogP contribution in [0.25, 0.3) is 0 Å². The Morgan fingerprint density at radius 1 is 1.32 bits per heavy atom. The predicted molar refractivity (Wildman–Crippen MR) is 71.8 cm³/mol. The van der Waals surface area contributed by atoms with Gasteiger partial charge in [0.05, 0.1) is 0 Å². The van der Waals surface area contributed by atoms with Crippen molar-refractivity contribution >= 4 is 28.2 Å². The molecule has 104 valence electrons. The number of hydrazine groups is 1. The molecular formula is C11H16N4O3S. The Hall–Kier alpha value is -1.51. The maximum absolute atomic E-state index is 11.4. The number of hydrogen-bond acceptors (Lipinski definition) is 7. The summed E-state index contributed by atoms with van der Waals surface area (Å²) in [5.74, 6) is -1.45.